The highest BCUT2D eigenvalue weighted by Gasteiger charge is 2.46. The average Bonchev–Trinajstić information content (AvgIpc) is 2.34. The van der Waals surface area contributed by atoms with Crippen molar-refractivity contribution in [2.75, 3.05) is 33.7 Å². The Balaban J connectivity index is 2.56. The molecule has 1 saturated heterocycles. The molecule has 0 aromatic carbocycles. The van der Waals surface area contributed by atoms with Gasteiger partial charge >= 0.3 is 0 Å². The molecule has 0 spiro atoms. The third-order valence-electron chi connectivity index (χ3n) is 4.85. The van der Waals surface area contributed by atoms with Gasteiger partial charge < -0.3 is 15.0 Å². The van der Waals surface area contributed by atoms with E-state index in [4.69, 9.17) is 0 Å². The van der Waals surface area contributed by atoms with Crippen LogP contribution in [0, 0.1) is 5.92 Å². The van der Waals surface area contributed by atoms with Gasteiger partial charge in [-0.05, 0) is 47.0 Å². The molecule has 1 aliphatic heterocycles. The zero-order valence-corrected chi connectivity index (χ0v) is 15.6. The molecule has 2 N–H and O–H groups in total. The van der Waals surface area contributed by atoms with Crippen LogP contribution in [-0.2, 0) is 4.79 Å². The van der Waals surface area contributed by atoms with Crippen molar-refractivity contribution in [3.63, 3.8) is 0 Å². The number of hydroxylamine groups is 2. The Labute approximate surface area is 136 Å². The molecule has 1 amide bonds. The van der Waals surface area contributed by atoms with E-state index in [0.29, 0.717) is 19.4 Å². The third-order valence-corrected chi connectivity index (χ3v) is 4.85. The number of hydrogen-bond donors (Lipinski definition) is 2. The predicted molar refractivity (Wildman–Crippen MR) is 89.7 cm³/mol. The Bertz CT molecular complexity index is 373. The summed E-state index contributed by atoms with van der Waals surface area (Å²) >= 11 is 0. The number of nitrogens with one attached hydrogen (secondary N) is 1. The first-order valence-corrected chi connectivity index (χ1v) is 8.50. The molecule has 0 atom stereocenters. The zero-order valence-electron chi connectivity index (χ0n) is 15.6. The lowest BCUT2D eigenvalue weighted by Gasteiger charge is -2.51. The summed E-state index contributed by atoms with van der Waals surface area (Å²) in [6.45, 7) is 13.0. The lowest BCUT2D eigenvalue weighted by Crippen LogP contribution is -2.60. The summed E-state index contributed by atoms with van der Waals surface area (Å²) in [6.07, 6.45) is 2.52. The van der Waals surface area contributed by atoms with E-state index in [9.17, 15) is 10.0 Å². The fraction of sp³-hybridized carbons (Fsp3) is 0.941. The van der Waals surface area contributed by atoms with Crippen LogP contribution in [0.4, 0.5) is 0 Å². The third kappa shape index (κ3) is 4.93. The largest absolute Gasteiger partial charge is 0.350 e. The van der Waals surface area contributed by atoms with Crippen LogP contribution in [0.2, 0.25) is 0 Å². The number of likely N-dealkylation sites (N-methyl/N-ethyl adjacent to an activating group) is 1. The second-order valence-electron chi connectivity index (χ2n) is 8.72. The highest BCUT2D eigenvalue weighted by molar-refractivity contribution is 5.79. The fourth-order valence-electron chi connectivity index (χ4n) is 3.80. The van der Waals surface area contributed by atoms with Crippen molar-refractivity contribution < 1.29 is 14.5 Å². The predicted octanol–water partition coefficient (Wildman–Crippen LogP) is 2.25. The van der Waals surface area contributed by atoms with E-state index >= 15 is 0 Å². The van der Waals surface area contributed by atoms with Crippen molar-refractivity contribution in [2.24, 2.45) is 5.92 Å². The molecule has 0 aromatic rings. The second kappa shape index (κ2) is 6.85. The van der Waals surface area contributed by atoms with Gasteiger partial charge in [0.25, 0.3) is 0 Å². The summed E-state index contributed by atoms with van der Waals surface area (Å²) < 4.78 is 0.933. The van der Waals surface area contributed by atoms with Gasteiger partial charge in [-0.15, -0.1) is 0 Å². The maximum atomic E-state index is 12.5. The minimum atomic E-state index is -0.374. The van der Waals surface area contributed by atoms with Crippen LogP contribution in [0.25, 0.3) is 0 Å². The normalized spacial score (nSPS) is 22.5. The topological polar surface area (TPSA) is 52.6 Å². The minimum absolute atomic E-state index is 0.0322. The number of quaternary nitrogens is 1. The summed E-state index contributed by atoms with van der Waals surface area (Å²) in [5.74, 6) is 0.0981. The Morgan fingerprint density at radius 3 is 2.14 bits per heavy atom. The van der Waals surface area contributed by atoms with Crippen LogP contribution in [0.3, 0.4) is 0 Å². The Morgan fingerprint density at radius 1 is 1.18 bits per heavy atom. The standard InChI is InChI=1S/C17H35N3O2/c1-8-10-20(6,7)11-9-18-15(21)14-12-16(2,3)19(22)17(4,5)13-14/h14,22H,8-13H2,1-7H3/p+1. The average molecular weight is 314 g/mol. The van der Waals surface area contributed by atoms with E-state index < -0.39 is 0 Å². The van der Waals surface area contributed by atoms with Gasteiger partial charge in [0, 0.05) is 17.0 Å². The van der Waals surface area contributed by atoms with Crippen molar-refractivity contribution in [3.8, 4) is 0 Å². The number of carbonyl (C=O) groups is 1. The lowest BCUT2D eigenvalue weighted by atomic mass is 9.75. The second-order valence-corrected chi connectivity index (χ2v) is 8.72. The minimum Gasteiger partial charge on any atom is -0.350 e. The molecule has 0 bridgehead atoms. The Hall–Kier alpha value is -0.650. The molecule has 1 aliphatic rings. The summed E-state index contributed by atoms with van der Waals surface area (Å²) in [5.41, 5.74) is -0.747. The van der Waals surface area contributed by atoms with Crippen LogP contribution >= 0.6 is 0 Å². The molecule has 1 fully saturated rings. The molecule has 1 heterocycles. The molecular formula is C17H36N3O2+. The van der Waals surface area contributed by atoms with Gasteiger partial charge in [0.2, 0.25) is 5.91 Å². The Kier molecular flexibility index (Phi) is 6.04. The van der Waals surface area contributed by atoms with Crippen molar-refractivity contribution >= 4 is 5.91 Å². The highest BCUT2D eigenvalue weighted by atomic mass is 16.5. The highest BCUT2D eigenvalue weighted by Crippen LogP contribution is 2.39. The summed E-state index contributed by atoms with van der Waals surface area (Å²) in [4.78, 5) is 12.5. The van der Waals surface area contributed by atoms with Crippen LogP contribution in [-0.4, -0.2) is 65.5 Å². The van der Waals surface area contributed by atoms with Crippen molar-refractivity contribution in [1.82, 2.24) is 10.4 Å². The number of rotatable bonds is 6. The van der Waals surface area contributed by atoms with Gasteiger partial charge in [-0.1, -0.05) is 6.92 Å². The summed E-state index contributed by atoms with van der Waals surface area (Å²) in [6, 6.07) is 0. The molecule has 22 heavy (non-hydrogen) atoms. The smallest absolute Gasteiger partial charge is 0.223 e. The molecule has 0 aliphatic carbocycles. The van der Waals surface area contributed by atoms with E-state index in [1.54, 1.807) is 0 Å². The molecule has 5 nitrogen and oxygen atoms in total. The van der Waals surface area contributed by atoms with E-state index in [1.807, 2.05) is 27.7 Å². The summed E-state index contributed by atoms with van der Waals surface area (Å²) in [7, 11) is 4.40. The number of amides is 1. The Morgan fingerprint density at radius 2 is 1.68 bits per heavy atom. The van der Waals surface area contributed by atoms with Crippen LogP contribution in [0.15, 0.2) is 0 Å². The molecule has 130 valence electrons. The van der Waals surface area contributed by atoms with Gasteiger partial charge in [-0.25, -0.2) is 0 Å². The van der Waals surface area contributed by atoms with Gasteiger partial charge in [-0.2, -0.15) is 5.06 Å². The first kappa shape index (κ1) is 19.4. The maximum absolute atomic E-state index is 12.5. The van der Waals surface area contributed by atoms with E-state index in [2.05, 4.69) is 26.3 Å². The number of carbonyl (C=O) groups excluding carboxylic acids is 1. The fourth-order valence-corrected chi connectivity index (χ4v) is 3.80. The molecule has 1 rings (SSSR count). The monoisotopic (exact) mass is 314 g/mol. The lowest BCUT2D eigenvalue weighted by molar-refractivity contribution is -0.889. The van der Waals surface area contributed by atoms with Gasteiger partial charge in [0.05, 0.1) is 33.7 Å². The van der Waals surface area contributed by atoms with Crippen LogP contribution in [0.1, 0.15) is 53.9 Å². The van der Waals surface area contributed by atoms with Crippen LogP contribution < -0.4 is 5.32 Å². The van der Waals surface area contributed by atoms with Crippen LogP contribution in [0.5, 0.6) is 0 Å². The molecule has 5 heteroatoms. The van der Waals surface area contributed by atoms with E-state index in [-0.39, 0.29) is 22.9 Å². The zero-order chi connectivity index (χ0) is 17.2. The molecule has 0 unspecified atom stereocenters. The SMILES string of the molecule is CCC[N+](C)(C)CCNC(=O)C1CC(C)(C)N(O)C(C)(C)C1. The number of piperidine rings is 1. The first-order chi connectivity index (χ1) is 9.91. The molecule has 0 saturated carbocycles. The summed E-state index contributed by atoms with van der Waals surface area (Å²) in [5, 5.41) is 14.8. The molecule has 0 aromatic heterocycles. The van der Waals surface area contributed by atoms with Crippen molar-refractivity contribution in [2.45, 2.75) is 65.0 Å². The van der Waals surface area contributed by atoms with E-state index in [1.165, 1.54) is 5.06 Å². The quantitative estimate of drug-likeness (QED) is 0.739. The van der Waals surface area contributed by atoms with Crippen molar-refractivity contribution in [1.29, 1.82) is 0 Å². The van der Waals surface area contributed by atoms with Gasteiger partial charge in [0.1, 0.15) is 0 Å². The maximum Gasteiger partial charge on any atom is 0.223 e. The van der Waals surface area contributed by atoms with Gasteiger partial charge in [-0.3, -0.25) is 4.79 Å². The van der Waals surface area contributed by atoms with Crippen molar-refractivity contribution in [3.05, 3.63) is 0 Å². The van der Waals surface area contributed by atoms with E-state index in [0.717, 1.165) is 24.0 Å². The first-order valence-electron chi connectivity index (χ1n) is 8.50. The van der Waals surface area contributed by atoms with Gasteiger partial charge in [0.15, 0.2) is 0 Å². The molecular weight excluding hydrogens is 278 g/mol. The number of hydrogen-bond acceptors (Lipinski definition) is 3. The molecule has 0 radical (unpaired) electrons. The number of nitrogens with zero attached hydrogens (tertiary/aromatic N) is 2.